The fourth-order valence-corrected chi connectivity index (χ4v) is 3.33. The fraction of sp³-hybridized carbons (Fsp3) is 0.250. The van der Waals surface area contributed by atoms with Crippen molar-refractivity contribution in [3.05, 3.63) is 53.6 Å². The Hall–Kier alpha value is -1.85. The van der Waals surface area contributed by atoms with Crippen LogP contribution in [0.5, 0.6) is 11.5 Å². The monoisotopic (exact) mass is 338 g/mol. The molecule has 0 heterocycles. The van der Waals surface area contributed by atoms with Gasteiger partial charge in [-0.2, -0.15) is 0 Å². The molecule has 124 valence electrons. The van der Waals surface area contributed by atoms with Crippen molar-refractivity contribution in [2.45, 2.75) is 25.4 Å². The van der Waals surface area contributed by atoms with Crippen LogP contribution in [0.15, 0.2) is 42.5 Å². The number of benzene rings is 2. The molecule has 7 heteroatoms. The number of hydrogen-bond donors (Lipinski definition) is 5. The number of rotatable bonds is 5. The zero-order valence-corrected chi connectivity index (χ0v) is 13.4. The molecule has 5 N–H and O–H groups in total. The topological polar surface area (TPSA) is 118 Å². The summed E-state index contributed by atoms with van der Waals surface area (Å²) in [6, 6.07) is 10.1. The average Bonchev–Trinajstić information content (AvgIpc) is 2.46. The number of aliphatic hydroxyl groups excluding tert-OH is 1. The van der Waals surface area contributed by atoms with Gasteiger partial charge in [-0.3, -0.25) is 4.57 Å². The molecular weight excluding hydrogens is 319 g/mol. The quantitative estimate of drug-likeness (QED) is 0.533. The third kappa shape index (κ3) is 4.33. The Kier molecular flexibility index (Phi) is 5.12. The van der Waals surface area contributed by atoms with Crippen LogP contribution in [0.4, 0.5) is 0 Å². The molecule has 0 aliphatic heterocycles. The third-order valence-electron chi connectivity index (χ3n) is 3.73. The van der Waals surface area contributed by atoms with E-state index in [1.165, 1.54) is 12.1 Å². The lowest BCUT2D eigenvalue weighted by Gasteiger charge is -2.20. The SMILES string of the molecule is CC(CC(O)c1ccc(O)cc1P(=O)(O)O)c1ccc(O)cc1. The van der Waals surface area contributed by atoms with E-state index in [0.717, 1.165) is 11.6 Å². The molecule has 23 heavy (non-hydrogen) atoms. The molecule has 2 aromatic rings. The molecule has 2 unspecified atom stereocenters. The molecule has 0 amide bonds. The highest BCUT2D eigenvalue weighted by atomic mass is 31.2. The van der Waals surface area contributed by atoms with Crippen LogP contribution in [0.25, 0.3) is 0 Å². The van der Waals surface area contributed by atoms with Gasteiger partial charge in [-0.05, 0) is 47.7 Å². The molecule has 2 aromatic carbocycles. The van der Waals surface area contributed by atoms with E-state index in [2.05, 4.69) is 0 Å². The molecular formula is C16H19O6P. The van der Waals surface area contributed by atoms with Gasteiger partial charge in [0.25, 0.3) is 0 Å². The van der Waals surface area contributed by atoms with E-state index in [1.54, 1.807) is 24.3 Å². The van der Waals surface area contributed by atoms with Gasteiger partial charge in [-0.25, -0.2) is 0 Å². The van der Waals surface area contributed by atoms with Crippen molar-refractivity contribution in [1.29, 1.82) is 0 Å². The van der Waals surface area contributed by atoms with E-state index in [0.29, 0.717) is 0 Å². The summed E-state index contributed by atoms with van der Waals surface area (Å²) in [5.74, 6) is -0.223. The Bertz CT molecular complexity index is 722. The van der Waals surface area contributed by atoms with Crippen molar-refractivity contribution < 1.29 is 29.7 Å². The highest BCUT2D eigenvalue weighted by molar-refractivity contribution is 7.60. The Labute approximate surface area is 133 Å². The highest BCUT2D eigenvalue weighted by Gasteiger charge is 2.26. The van der Waals surface area contributed by atoms with Gasteiger partial charge < -0.3 is 25.1 Å². The molecule has 0 aromatic heterocycles. The maximum Gasteiger partial charge on any atom is 0.356 e. The van der Waals surface area contributed by atoms with E-state index >= 15 is 0 Å². The summed E-state index contributed by atoms with van der Waals surface area (Å²) >= 11 is 0. The molecule has 2 atom stereocenters. The van der Waals surface area contributed by atoms with Crippen molar-refractivity contribution in [2.24, 2.45) is 0 Å². The Morgan fingerprint density at radius 2 is 1.57 bits per heavy atom. The summed E-state index contributed by atoms with van der Waals surface area (Å²) < 4.78 is 11.5. The van der Waals surface area contributed by atoms with Crippen molar-refractivity contribution in [3.8, 4) is 11.5 Å². The first-order valence-electron chi connectivity index (χ1n) is 7.04. The third-order valence-corrected chi connectivity index (χ3v) is 4.74. The molecule has 6 nitrogen and oxygen atoms in total. The number of aliphatic hydroxyl groups is 1. The number of aromatic hydroxyl groups is 2. The summed E-state index contributed by atoms with van der Waals surface area (Å²) in [5, 5.41) is 28.7. The van der Waals surface area contributed by atoms with Crippen LogP contribution in [-0.4, -0.2) is 25.1 Å². The smallest absolute Gasteiger partial charge is 0.356 e. The van der Waals surface area contributed by atoms with Crippen LogP contribution in [0.1, 0.15) is 36.5 Å². The van der Waals surface area contributed by atoms with E-state index in [4.69, 9.17) is 0 Å². The van der Waals surface area contributed by atoms with Crippen LogP contribution in [-0.2, 0) is 4.57 Å². The Morgan fingerprint density at radius 3 is 2.13 bits per heavy atom. The maximum atomic E-state index is 11.5. The van der Waals surface area contributed by atoms with Crippen molar-refractivity contribution >= 4 is 12.9 Å². The first-order chi connectivity index (χ1) is 10.7. The van der Waals surface area contributed by atoms with Gasteiger partial charge in [0.05, 0.1) is 11.4 Å². The van der Waals surface area contributed by atoms with Gasteiger partial charge in [0.15, 0.2) is 0 Å². The lowest BCUT2D eigenvalue weighted by atomic mass is 9.92. The van der Waals surface area contributed by atoms with Gasteiger partial charge in [0.2, 0.25) is 0 Å². The number of hydrogen-bond acceptors (Lipinski definition) is 4. The van der Waals surface area contributed by atoms with Crippen molar-refractivity contribution in [3.63, 3.8) is 0 Å². The van der Waals surface area contributed by atoms with Crippen LogP contribution >= 0.6 is 7.60 Å². The minimum Gasteiger partial charge on any atom is -0.508 e. The Balaban J connectivity index is 2.25. The summed E-state index contributed by atoms with van der Waals surface area (Å²) in [7, 11) is -4.61. The molecule has 0 saturated heterocycles. The van der Waals surface area contributed by atoms with Gasteiger partial charge in [0.1, 0.15) is 11.5 Å². The van der Waals surface area contributed by atoms with E-state index in [1.807, 2.05) is 6.92 Å². The molecule has 0 saturated carbocycles. The second-order valence-corrected chi connectivity index (χ2v) is 7.10. The van der Waals surface area contributed by atoms with Crippen molar-refractivity contribution in [2.75, 3.05) is 0 Å². The first kappa shape index (κ1) is 17.5. The molecule has 0 spiro atoms. The lowest BCUT2D eigenvalue weighted by molar-refractivity contribution is 0.160. The van der Waals surface area contributed by atoms with Gasteiger partial charge >= 0.3 is 7.60 Å². The first-order valence-corrected chi connectivity index (χ1v) is 8.65. The fourth-order valence-electron chi connectivity index (χ4n) is 2.47. The zero-order chi connectivity index (χ0) is 17.2. The molecule has 0 fully saturated rings. The highest BCUT2D eigenvalue weighted by Crippen LogP contribution is 2.39. The normalized spacial score (nSPS) is 14.4. The van der Waals surface area contributed by atoms with Crippen LogP contribution in [0, 0.1) is 0 Å². The van der Waals surface area contributed by atoms with Gasteiger partial charge in [-0.1, -0.05) is 25.1 Å². The standard InChI is InChI=1S/C16H19O6P/c1-10(11-2-4-12(17)5-3-11)8-15(19)14-7-6-13(18)9-16(14)23(20,21)22/h2-7,9-10,15,17-19H,8H2,1H3,(H2,20,21,22). The predicted molar refractivity (Wildman–Crippen MR) is 85.9 cm³/mol. The molecule has 0 aliphatic carbocycles. The van der Waals surface area contributed by atoms with Crippen molar-refractivity contribution in [1.82, 2.24) is 0 Å². The van der Waals surface area contributed by atoms with Crippen LogP contribution < -0.4 is 5.30 Å². The minimum atomic E-state index is -4.61. The lowest BCUT2D eigenvalue weighted by Crippen LogP contribution is -2.16. The second-order valence-electron chi connectivity index (χ2n) is 5.53. The van der Waals surface area contributed by atoms with Gasteiger partial charge in [0, 0.05) is 0 Å². The summed E-state index contributed by atoms with van der Waals surface area (Å²) in [6.07, 6.45) is -0.857. The van der Waals surface area contributed by atoms with E-state index in [-0.39, 0.29) is 34.7 Å². The molecule has 0 bridgehead atoms. The molecule has 2 rings (SSSR count). The summed E-state index contributed by atoms with van der Waals surface area (Å²) in [4.78, 5) is 18.8. The summed E-state index contributed by atoms with van der Waals surface area (Å²) in [6.45, 7) is 1.87. The van der Waals surface area contributed by atoms with Gasteiger partial charge in [-0.15, -0.1) is 0 Å². The van der Waals surface area contributed by atoms with Crippen LogP contribution in [0.3, 0.4) is 0 Å². The van der Waals surface area contributed by atoms with E-state index in [9.17, 15) is 29.7 Å². The zero-order valence-electron chi connectivity index (χ0n) is 12.5. The predicted octanol–water partition coefficient (Wildman–Crippen LogP) is 2.13. The largest absolute Gasteiger partial charge is 0.508 e. The van der Waals surface area contributed by atoms with E-state index < -0.39 is 13.7 Å². The maximum absolute atomic E-state index is 11.5. The molecule has 0 aliphatic rings. The minimum absolute atomic E-state index is 0.0935. The summed E-state index contributed by atoms with van der Waals surface area (Å²) in [5.41, 5.74) is 0.986. The Morgan fingerprint density at radius 1 is 1.00 bits per heavy atom. The average molecular weight is 338 g/mol. The van der Waals surface area contributed by atoms with Crippen LogP contribution in [0.2, 0.25) is 0 Å². The molecule has 0 radical (unpaired) electrons. The second kappa shape index (κ2) is 6.72. The number of phenols is 2. The number of phenolic OH excluding ortho intramolecular Hbond substituents is 2.